The van der Waals surface area contributed by atoms with E-state index >= 15 is 0 Å². The van der Waals surface area contributed by atoms with Crippen LogP contribution in [-0.4, -0.2) is 37.7 Å². The number of aryl methyl sites for hydroxylation is 1. The molecule has 0 atom stereocenters. The molecule has 6 heteroatoms. The van der Waals surface area contributed by atoms with Gasteiger partial charge in [-0.3, -0.25) is 4.79 Å². The predicted molar refractivity (Wildman–Crippen MR) is 110 cm³/mol. The normalized spacial score (nSPS) is 10.6. The average Bonchev–Trinajstić information content (AvgIpc) is 2.68. The quantitative estimate of drug-likeness (QED) is 0.481. The van der Waals surface area contributed by atoms with E-state index in [1.807, 2.05) is 51.1 Å². The van der Waals surface area contributed by atoms with Crippen molar-refractivity contribution in [2.45, 2.75) is 33.3 Å². The lowest BCUT2D eigenvalue weighted by Crippen LogP contribution is -2.30. The Morgan fingerprint density at radius 3 is 2.46 bits per heavy atom. The summed E-state index contributed by atoms with van der Waals surface area (Å²) in [5.74, 6) is -0.879. The number of rotatable bonds is 10. The number of hydrogen-bond donors (Lipinski definition) is 2. The lowest BCUT2D eigenvalue weighted by molar-refractivity contribution is -0.124. The molecule has 0 aliphatic carbocycles. The van der Waals surface area contributed by atoms with Crippen molar-refractivity contribution in [2.75, 3.05) is 25.1 Å². The summed E-state index contributed by atoms with van der Waals surface area (Å²) >= 11 is 0. The molecule has 2 N–H and O–H groups in total. The van der Waals surface area contributed by atoms with Gasteiger partial charge in [-0.2, -0.15) is 0 Å². The number of esters is 1. The number of benzene rings is 2. The largest absolute Gasteiger partial charge is 0.452 e. The minimum atomic E-state index is -0.548. The number of carbonyl (C=O) groups is 2. The molecule has 150 valence electrons. The van der Waals surface area contributed by atoms with Crippen molar-refractivity contribution in [3.8, 4) is 0 Å². The first-order valence-electron chi connectivity index (χ1n) is 9.44. The molecule has 0 aliphatic rings. The maximum Gasteiger partial charge on any atom is 0.340 e. The van der Waals surface area contributed by atoms with Gasteiger partial charge in [-0.1, -0.05) is 29.8 Å². The number of para-hydroxylation sites is 1. The molecular formula is C22H28N2O4. The zero-order valence-corrected chi connectivity index (χ0v) is 16.7. The van der Waals surface area contributed by atoms with Crippen LogP contribution < -0.4 is 10.6 Å². The van der Waals surface area contributed by atoms with Crippen LogP contribution in [0.3, 0.4) is 0 Å². The number of amides is 1. The summed E-state index contributed by atoms with van der Waals surface area (Å²) in [7, 11) is 0. The second kappa shape index (κ2) is 11.1. The van der Waals surface area contributed by atoms with E-state index in [1.54, 1.807) is 18.2 Å². The summed E-state index contributed by atoms with van der Waals surface area (Å²) < 4.78 is 10.6. The average molecular weight is 384 g/mol. The summed E-state index contributed by atoms with van der Waals surface area (Å²) in [5.41, 5.74) is 3.02. The molecule has 0 fully saturated rings. The lowest BCUT2D eigenvalue weighted by Gasteiger charge is -2.12. The highest BCUT2D eigenvalue weighted by atomic mass is 16.5. The van der Waals surface area contributed by atoms with E-state index in [1.165, 1.54) is 0 Å². The standard InChI is InChI=1S/C22H28N2O4/c1-16(2)27-14-6-13-23-21(25)15-28-22(26)19-7-4-5-8-20(19)24-18-11-9-17(3)10-12-18/h4-5,7-12,16,24H,6,13-15H2,1-3H3,(H,23,25). The lowest BCUT2D eigenvalue weighted by atomic mass is 10.1. The van der Waals surface area contributed by atoms with Gasteiger partial charge in [0.15, 0.2) is 6.61 Å². The predicted octanol–water partition coefficient (Wildman–Crippen LogP) is 3.83. The van der Waals surface area contributed by atoms with Gasteiger partial charge < -0.3 is 20.1 Å². The number of carbonyl (C=O) groups excluding carboxylic acids is 2. The zero-order valence-electron chi connectivity index (χ0n) is 16.7. The number of hydrogen-bond acceptors (Lipinski definition) is 5. The van der Waals surface area contributed by atoms with Gasteiger partial charge in [0.05, 0.1) is 17.4 Å². The molecule has 0 unspecified atom stereocenters. The van der Waals surface area contributed by atoms with Crippen molar-refractivity contribution < 1.29 is 19.1 Å². The highest BCUT2D eigenvalue weighted by Crippen LogP contribution is 2.21. The first-order chi connectivity index (χ1) is 13.5. The van der Waals surface area contributed by atoms with Crippen molar-refractivity contribution in [1.82, 2.24) is 5.32 Å². The van der Waals surface area contributed by atoms with Gasteiger partial charge in [-0.25, -0.2) is 4.79 Å². The fourth-order valence-electron chi connectivity index (χ4n) is 2.44. The number of anilines is 2. The van der Waals surface area contributed by atoms with Crippen LogP contribution >= 0.6 is 0 Å². The molecule has 2 aromatic rings. The van der Waals surface area contributed by atoms with Crippen molar-refractivity contribution in [1.29, 1.82) is 0 Å². The number of nitrogens with one attached hydrogen (secondary N) is 2. The Morgan fingerprint density at radius 2 is 1.75 bits per heavy atom. The van der Waals surface area contributed by atoms with Gasteiger partial charge in [0.25, 0.3) is 5.91 Å². The minimum Gasteiger partial charge on any atom is -0.452 e. The molecule has 0 aliphatic heterocycles. The van der Waals surface area contributed by atoms with Crippen molar-refractivity contribution in [2.24, 2.45) is 0 Å². The first kappa shape index (κ1) is 21.4. The van der Waals surface area contributed by atoms with Crippen molar-refractivity contribution in [3.63, 3.8) is 0 Å². The van der Waals surface area contributed by atoms with Crippen molar-refractivity contribution in [3.05, 3.63) is 59.7 Å². The maximum absolute atomic E-state index is 12.4. The Morgan fingerprint density at radius 1 is 1.04 bits per heavy atom. The van der Waals surface area contributed by atoms with Crippen LogP contribution in [-0.2, 0) is 14.3 Å². The summed E-state index contributed by atoms with van der Waals surface area (Å²) in [4.78, 5) is 24.2. The summed E-state index contributed by atoms with van der Waals surface area (Å²) in [6.45, 7) is 6.68. The van der Waals surface area contributed by atoms with Crippen LogP contribution in [0.15, 0.2) is 48.5 Å². The van der Waals surface area contributed by atoms with E-state index in [9.17, 15) is 9.59 Å². The molecule has 2 rings (SSSR count). The molecule has 1 amide bonds. The smallest absolute Gasteiger partial charge is 0.340 e. The second-order valence-corrected chi connectivity index (χ2v) is 6.74. The Balaban J connectivity index is 1.83. The molecular weight excluding hydrogens is 356 g/mol. The third kappa shape index (κ3) is 7.40. The molecule has 6 nitrogen and oxygen atoms in total. The van der Waals surface area contributed by atoms with Gasteiger partial charge >= 0.3 is 5.97 Å². The van der Waals surface area contributed by atoms with Gasteiger partial charge in [0, 0.05) is 18.8 Å². The summed E-state index contributed by atoms with van der Waals surface area (Å²) in [6, 6.07) is 14.9. The van der Waals surface area contributed by atoms with Gasteiger partial charge in [-0.15, -0.1) is 0 Å². The molecule has 0 radical (unpaired) electrons. The highest BCUT2D eigenvalue weighted by Gasteiger charge is 2.14. The monoisotopic (exact) mass is 384 g/mol. The van der Waals surface area contributed by atoms with Crippen molar-refractivity contribution >= 4 is 23.3 Å². The Hall–Kier alpha value is -2.86. The Kier molecular flexibility index (Phi) is 8.49. The third-order valence-corrected chi connectivity index (χ3v) is 3.91. The topological polar surface area (TPSA) is 76.7 Å². The molecule has 28 heavy (non-hydrogen) atoms. The van der Waals surface area contributed by atoms with Crippen LogP contribution in [0.1, 0.15) is 36.2 Å². The molecule has 0 aromatic heterocycles. The maximum atomic E-state index is 12.4. The fraction of sp³-hybridized carbons (Fsp3) is 0.364. The Bertz CT molecular complexity index is 772. The van der Waals surface area contributed by atoms with Crippen LogP contribution in [0.4, 0.5) is 11.4 Å². The fourth-order valence-corrected chi connectivity index (χ4v) is 2.44. The van der Waals surface area contributed by atoms with Gasteiger partial charge in [-0.05, 0) is 51.5 Å². The number of ether oxygens (including phenoxy) is 2. The second-order valence-electron chi connectivity index (χ2n) is 6.74. The van der Waals surface area contributed by atoms with E-state index < -0.39 is 5.97 Å². The zero-order chi connectivity index (χ0) is 20.4. The molecule has 2 aromatic carbocycles. The van der Waals surface area contributed by atoms with E-state index in [2.05, 4.69) is 10.6 Å². The van der Waals surface area contributed by atoms with E-state index in [0.717, 1.165) is 11.3 Å². The molecule has 0 spiro atoms. The SMILES string of the molecule is Cc1ccc(Nc2ccccc2C(=O)OCC(=O)NCCCOC(C)C)cc1. The minimum absolute atomic E-state index is 0.172. The van der Waals surface area contributed by atoms with Gasteiger partial charge in [0.1, 0.15) is 0 Å². The molecule has 0 heterocycles. The highest BCUT2D eigenvalue weighted by molar-refractivity contribution is 5.97. The Labute approximate surface area is 166 Å². The van der Waals surface area contributed by atoms with E-state index in [-0.39, 0.29) is 18.6 Å². The van der Waals surface area contributed by atoms with Crippen LogP contribution in [0.25, 0.3) is 0 Å². The van der Waals surface area contributed by atoms with Crippen LogP contribution in [0, 0.1) is 6.92 Å². The molecule has 0 saturated carbocycles. The molecule has 0 bridgehead atoms. The first-order valence-corrected chi connectivity index (χ1v) is 9.44. The van der Waals surface area contributed by atoms with Crippen LogP contribution in [0.5, 0.6) is 0 Å². The van der Waals surface area contributed by atoms with Gasteiger partial charge in [0.2, 0.25) is 0 Å². The van der Waals surface area contributed by atoms with E-state index in [4.69, 9.17) is 9.47 Å². The van der Waals surface area contributed by atoms with Crippen LogP contribution in [0.2, 0.25) is 0 Å². The van der Waals surface area contributed by atoms with E-state index in [0.29, 0.717) is 30.8 Å². The summed E-state index contributed by atoms with van der Waals surface area (Å²) in [5, 5.41) is 5.92. The third-order valence-electron chi connectivity index (χ3n) is 3.91. The summed E-state index contributed by atoms with van der Waals surface area (Å²) in [6.07, 6.45) is 0.881. The molecule has 0 saturated heterocycles.